The van der Waals surface area contributed by atoms with Crippen molar-refractivity contribution in [3.8, 4) is 0 Å². The number of ketones is 1. The minimum Gasteiger partial charge on any atom is -0.303 e. The van der Waals surface area contributed by atoms with Gasteiger partial charge < -0.3 is 5.73 Å². The number of nitrogens with zero attached hydrogens (tertiary/aromatic N) is 1. The van der Waals surface area contributed by atoms with E-state index in [1.54, 1.807) is 12.1 Å². The third-order valence-corrected chi connectivity index (χ3v) is 4.29. The zero-order valence-electron chi connectivity index (χ0n) is 11.3. The van der Waals surface area contributed by atoms with Crippen LogP contribution in [0.25, 0.3) is 0 Å². The average Bonchev–Trinajstić information content (AvgIpc) is 2.56. The maximum Gasteiger partial charge on any atom is 0.175 e. The van der Waals surface area contributed by atoms with Gasteiger partial charge in [0.15, 0.2) is 11.9 Å². The SMILES string of the molecule is NC1N=C(c2c(Cl)cc(Cl)cc2Cl)c2ccccc2CC1=O. The molecule has 0 spiro atoms. The van der Waals surface area contributed by atoms with Crippen molar-refractivity contribution in [3.63, 3.8) is 0 Å². The number of aliphatic imine (C=N–C) groups is 1. The summed E-state index contributed by atoms with van der Waals surface area (Å²) < 4.78 is 0. The second kappa shape index (κ2) is 6.01. The largest absolute Gasteiger partial charge is 0.303 e. The molecule has 0 radical (unpaired) electrons. The Morgan fingerprint density at radius 3 is 2.41 bits per heavy atom. The second-order valence-corrected chi connectivity index (χ2v) is 6.22. The second-order valence-electron chi connectivity index (χ2n) is 4.97. The van der Waals surface area contributed by atoms with Crippen molar-refractivity contribution < 1.29 is 4.79 Å². The smallest absolute Gasteiger partial charge is 0.175 e. The molecule has 1 aliphatic heterocycles. The molecule has 22 heavy (non-hydrogen) atoms. The Labute approximate surface area is 142 Å². The molecule has 0 saturated heterocycles. The maximum atomic E-state index is 12.1. The highest BCUT2D eigenvalue weighted by Crippen LogP contribution is 2.33. The number of hydrogen-bond donors (Lipinski definition) is 1. The molecule has 0 amide bonds. The highest BCUT2D eigenvalue weighted by Gasteiger charge is 2.25. The van der Waals surface area contributed by atoms with E-state index in [9.17, 15) is 4.79 Å². The lowest BCUT2D eigenvalue weighted by atomic mass is 9.96. The molecule has 0 bridgehead atoms. The summed E-state index contributed by atoms with van der Waals surface area (Å²) in [5.74, 6) is -0.149. The number of rotatable bonds is 1. The minimum atomic E-state index is -0.940. The molecule has 0 aliphatic carbocycles. The normalized spacial score (nSPS) is 17.7. The first-order valence-corrected chi connectivity index (χ1v) is 7.70. The first kappa shape index (κ1) is 15.5. The molecule has 2 aromatic rings. The van der Waals surface area contributed by atoms with Crippen molar-refractivity contribution >= 4 is 46.3 Å². The average molecular weight is 354 g/mol. The number of nitrogens with two attached hydrogens (primary N) is 1. The van der Waals surface area contributed by atoms with E-state index in [2.05, 4.69) is 4.99 Å². The fourth-order valence-corrected chi connectivity index (χ4v) is 3.44. The Kier molecular flexibility index (Phi) is 4.24. The Hall–Kier alpha value is -1.39. The van der Waals surface area contributed by atoms with Crippen LogP contribution in [0.15, 0.2) is 41.4 Å². The van der Waals surface area contributed by atoms with Crippen LogP contribution in [-0.4, -0.2) is 17.7 Å². The number of fused-ring (bicyclic) bond motifs is 1. The first-order chi connectivity index (χ1) is 10.5. The summed E-state index contributed by atoms with van der Waals surface area (Å²) in [4.78, 5) is 16.4. The first-order valence-electron chi connectivity index (χ1n) is 6.56. The van der Waals surface area contributed by atoms with Crippen LogP contribution in [0.2, 0.25) is 15.1 Å². The number of carbonyl (C=O) groups is 1. The van der Waals surface area contributed by atoms with Gasteiger partial charge in [0, 0.05) is 22.6 Å². The fraction of sp³-hybridized carbons (Fsp3) is 0.125. The van der Waals surface area contributed by atoms with Gasteiger partial charge in [0.25, 0.3) is 0 Å². The Morgan fingerprint density at radius 2 is 1.73 bits per heavy atom. The van der Waals surface area contributed by atoms with Gasteiger partial charge in [0.1, 0.15) is 0 Å². The maximum absolute atomic E-state index is 12.1. The minimum absolute atomic E-state index is 0.149. The summed E-state index contributed by atoms with van der Waals surface area (Å²) >= 11 is 18.6. The fourth-order valence-electron chi connectivity index (χ4n) is 2.45. The highest BCUT2D eigenvalue weighted by molar-refractivity contribution is 6.43. The van der Waals surface area contributed by atoms with Gasteiger partial charge in [-0.05, 0) is 17.7 Å². The van der Waals surface area contributed by atoms with Gasteiger partial charge >= 0.3 is 0 Å². The van der Waals surface area contributed by atoms with Crippen LogP contribution < -0.4 is 5.73 Å². The summed E-state index contributed by atoms with van der Waals surface area (Å²) in [5.41, 5.74) is 8.56. The van der Waals surface area contributed by atoms with Crippen molar-refractivity contribution in [1.82, 2.24) is 0 Å². The van der Waals surface area contributed by atoms with Crippen LogP contribution in [0, 0.1) is 0 Å². The third kappa shape index (κ3) is 2.77. The number of carbonyl (C=O) groups excluding carboxylic acids is 1. The molecule has 2 N–H and O–H groups in total. The van der Waals surface area contributed by atoms with Gasteiger partial charge in [-0.15, -0.1) is 0 Å². The van der Waals surface area contributed by atoms with E-state index in [0.717, 1.165) is 11.1 Å². The van der Waals surface area contributed by atoms with Crippen LogP contribution in [0.3, 0.4) is 0 Å². The van der Waals surface area contributed by atoms with Crippen LogP contribution in [0.5, 0.6) is 0 Å². The molecule has 2 aromatic carbocycles. The molecule has 1 heterocycles. The van der Waals surface area contributed by atoms with Gasteiger partial charge in [-0.25, -0.2) is 0 Å². The van der Waals surface area contributed by atoms with Crippen molar-refractivity contribution in [2.45, 2.75) is 12.6 Å². The van der Waals surface area contributed by atoms with E-state index in [1.165, 1.54) is 0 Å². The van der Waals surface area contributed by atoms with Gasteiger partial charge in [-0.1, -0.05) is 59.1 Å². The molecule has 1 unspecified atom stereocenters. The van der Waals surface area contributed by atoms with Gasteiger partial charge in [-0.2, -0.15) is 0 Å². The van der Waals surface area contributed by atoms with Crippen molar-refractivity contribution in [1.29, 1.82) is 0 Å². The van der Waals surface area contributed by atoms with Crippen LogP contribution in [0.4, 0.5) is 0 Å². The summed E-state index contributed by atoms with van der Waals surface area (Å²) in [6.45, 7) is 0. The molecule has 6 heteroatoms. The topological polar surface area (TPSA) is 55.4 Å². The van der Waals surface area contributed by atoms with E-state index >= 15 is 0 Å². The van der Waals surface area contributed by atoms with Crippen molar-refractivity contribution in [2.24, 2.45) is 10.7 Å². The molecular weight excluding hydrogens is 343 g/mol. The lowest BCUT2D eigenvalue weighted by molar-refractivity contribution is -0.119. The number of Topliss-reactive ketones (excluding diaryl/α,β-unsaturated/α-hetero) is 1. The van der Waals surface area contributed by atoms with Crippen LogP contribution in [0.1, 0.15) is 16.7 Å². The lowest BCUT2D eigenvalue weighted by Gasteiger charge is -2.13. The monoisotopic (exact) mass is 352 g/mol. The summed E-state index contributed by atoms with van der Waals surface area (Å²) in [7, 11) is 0. The molecule has 3 rings (SSSR count). The third-order valence-electron chi connectivity index (χ3n) is 3.48. The molecule has 0 fully saturated rings. The Morgan fingerprint density at radius 1 is 1.09 bits per heavy atom. The molecular formula is C16H11Cl3N2O. The molecule has 1 atom stereocenters. The van der Waals surface area contributed by atoms with Crippen LogP contribution in [-0.2, 0) is 11.2 Å². The Bertz CT molecular complexity index is 779. The quantitative estimate of drug-likeness (QED) is 0.845. The predicted octanol–water partition coefficient (Wildman–Crippen LogP) is 3.89. The summed E-state index contributed by atoms with van der Waals surface area (Å²) in [6.07, 6.45) is -0.710. The van der Waals surface area contributed by atoms with E-state index in [4.69, 9.17) is 40.5 Å². The highest BCUT2D eigenvalue weighted by atomic mass is 35.5. The van der Waals surface area contributed by atoms with Crippen molar-refractivity contribution in [3.05, 3.63) is 68.2 Å². The molecule has 3 nitrogen and oxygen atoms in total. The number of halogens is 3. The van der Waals surface area contributed by atoms with Gasteiger partial charge in [0.05, 0.1) is 15.8 Å². The predicted molar refractivity (Wildman–Crippen MR) is 90.2 cm³/mol. The molecule has 1 aliphatic rings. The van der Waals surface area contributed by atoms with E-state index in [-0.39, 0.29) is 12.2 Å². The molecule has 0 saturated carbocycles. The zero-order chi connectivity index (χ0) is 15.9. The van der Waals surface area contributed by atoms with E-state index in [0.29, 0.717) is 26.3 Å². The number of benzene rings is 2. The van der Waals surface area contributed by atoms with Gasteiger partial charge in [0.2, 0.25) is 0 Å². The van der Waals surface area contributed by atoms with Crippen LogP contribution >= 0.6 is 34.8 Å². The Balaban J connectivity index is 2.29. The summed E-state index contributed by atoms with van der Waals surface area (Å²) in [6, 6.07) is 10.7. The standard InChI is InChI=1S/C16H11Cl3N2O/c17-9-6-11(18)14(12(19)7-9)15-10-4-2-1-3-8(10)5-13(22)16(20)21-15/h1-4,6-7,16H,5,20H2. The molecule has 112 valence electrons. The molecule has 0 aromatic heterocycles. The van der Waals surface area contributed by atoms with E-state index in [1.807, 2.05) is 24.3 Å². The van der Waals surface area contributed by atoms with Crippen molar-refractivity contribution in [2.75, 3.05) is 0 Å². The zero-order valence-corrected chi connectivity index (χ0v) is 13.6. The number of hydrogen-bond acceptors (Lipinski definition) is 3. The lowest BCUT2D eigenvalue weighted by Crippen LogP contribution is -2.29. The van der Waals surface area contributed by atoms with Gasteiger partial charge in [-0.3, -0.25) is 9.79 Å². The van der Waals surface area contributed by atoms with E-state index < -0.39 is 6.17 Å². The summed E-state index contributed by atoms with van der Waals surface area (Å²) in [5, 5.41) is 1.17.